The highest BCUT2D eigenvalue weighted by molar-refractivity contribution is 6.33. The van der Waals surface area contributed by atoms with E-state index in [9.17, 15) is 9.59 Å². The zero-order valence-corrected chi connectivity index (χ0v) is 26.4. The monoisotopic (exact) mass is 604 g/mol. The van der Waals surface area contributed by atoms with Crippen LogP contribution in [0.1, 0.15) is 89.2 Å². The maximum atomic E-state index is 12.2. The van der Waals surface area contributed by atoms with Gasteiger partial charge in [0.1, 0.15) is 10.4 Å². The zero-order chi connectivity index (χ0) is 30.1. The van der Waals surface area contributed by atoms with Gasteiger partial charge < -0.3 is 26.8 Å². The molecule has 2 aromatic carbocycles. The lowest BCUT2D eigenvalue weighted by Crippen LogP contribution is -2.46. The van der Waals surface area contributed by atoms with Gasteiger partial charge in [-0.1, -0.05) is 99.2 Å². The van der Waals surface area contributed by atoms with Crippen molar-refractivity contribution in [2.75, 3.05) is 13.2 Å². The number of ether oxygens (including phenoxy) is 1. The Bertz CT molecular complexity index is 1010. The number of nitrogens with two attached hydrogens (primary N) is 1. The van der Waals surface area contributed by atoms with Crippen LogP contribution < -0.4 is 11.9 Å². The standard InChI is InChI=1S/C17H23ClO2.C10H13NO2.C7H14O.H3N/c1-17(18,12-14-8-4-2-5-9-14)16(19)20-13-15-10-6-3-7-11-15;1-10(11,9(12)13)7-8-5-3-2-4-6-8;8-6-7-4-2-1-3-5-7;/h2,4-5,8-9,15H,3,6-7,10-13H2,1H3;2-6H,7,11H2,1H3,(H,12,13);7-8H,1-6H2;1H3/t17-;10-;;/m00../s1. The van der Waals surface area contributed by atoms with Gasteiger partial charge in [0.05, 0.1) is 6.61 Å². The topological polar surface area (TPSA) is 145 Å². The summed E-state index contributed by atoms with van der Waals surface area (Å²) >= 11 is 6.36. The van der Waals surface area contributed by atoms with Crippen LogP contribution in [0, 0.1) is 11.8 Å². The number of carbonyl (C=O) groups excluding carboxylic acids is 1. The molecule has 2 aromatic rings. The van der Waals surface area contributed by atoms with Crippen molar-refractivity contribution in [2.45, 2.75) is 101 Å². The summed E-state index contributed by atoms with van der Waals surface area (Å²) in [4.78, 5) is 21.9. The van der Waals surface area contributed by atoms with Gasteiger partial charge in [-0.2, -0.15) is 0 Å². The van der Waals surface area contributed by atoms with Gasteiger partial charge in [-0.3, -0.25) is 9.59 Å². The Hall–Kier alpha value is -2.45. The molecule has 4 rings (SSSR count). The van der Waals surface area contributed by atoms with E-state index >= 15 is 0 Å². The van der Waals surface area contributed by atoms with E-state index < -0.39 is 16.4 Å². The molecule has 0 saturated heterocycles. The number of rotatable bonds is 9. The van der Waals surface area contributed by atoms with Crippen molar-refractivity contribution in [1.82, 2.24) is 6.15 Å². The van der Waals surface area contributed by atoms with Gasteiger partial charge in [0.25, 0.3) is 0 Å². The van der Waals surface area contributed by atoms with E-state index in [1.807, 2.05) is 60.7 Å². The second-order valence-electron chi connectivity index (χ2n) is 12.0. The highest BCUT2D eigenvalue weighted by Gasteiger charge is 2.33. The zero-order valence-electron chi connectivity index (χ0n) is 25.6. The number of esters is 1. The van der Waals surface area contributed by atoms with Crippen molar-refractivity contribution >= 4 is 23.5 Å². The lowest BCUT2D eigenvalue weighted by molar-refractivity contribution is -0.148. The average Bonchev–Trinajstić information content (AvgIpc) is 2.98. The molecule has 2 aliphatic rings. The van der Waals surface area contributed by atoms with Crippen molar-refractivity contribution in [3.8, 4) is 0 Å². The first-order valence-electron chi connectivity index (χ1n) is 15.1. The van der Waals surface area contributed by atoms with Crippen molar-refractivity contribution in [1.29, 1.82) is 0 Å². The Kier molecular flexibility index (Phi) is 17.6. The van der Waals surface area contributed by atoms with E-state index in [0.717, 1.165) is 11.1 Å². The third-order valence-corrected chi connectivity index (χ3v) is 8.15. The summed E-state index contributed by atoms with van der Waals surface area (Å²) in [5.41, 5.74) is 6.41. The summed E-state index contributed by atoms with van der Waals surface area (Å²) in [6, 6.07) is 19.2. The van der Waals surface area contributed by atoms with Gasteiger partial charge in [0.15, 0.2) is 0 Å². The molecule has 2 aliphatic carbocycles. The fourth-order valence-electron chi connectivity index (χ4n) is 5.21. The van der Waals surface area contributed by atoms with Crippen molar-refractivity contribution in [2.24, 2.45) is 17.6 Å². The van der Waals surface area contributed by atoms with Crippen LogP contribution >= 0.6 is 11.6 Å². The number of hydrogen-bond acceptors (Lipinski definition) is 6. The molecule has 2 saturated carbocycles. The smallest absolute Gasteiger partial charge is 0.327 e. The van der Waals surface area contributed by atoms with Crippen LogP contribution in [0.4, 0.5) is 0 Å². The van der Waals surface area contributed by atoms with E-state index in [0.29, 0.717) is 37.9 Å². The normalized spacial score (nSPS) is 18.3. The first-order valence-corrected chi connectivity index (χ1v) is 15.5. The van der Waals surface area contributed by atoms with Crippen LogP contribution in [0.5, 0.6) is 0 Å². The second kappa shape index (κ2) is 19.7. The van der Waals surface area contributed by atoms with Gasteiger partial charge in [-0.15, -0.1) is 11.6 Å². The molecule has 0 heterocycles. The number of aliphatic carboxylic acids is 1. The number of aliphatic hydroxyl groups is 1. The second-order valence-corrected chi connectivity index (χ2v) is 12.9. The van der Waals surface area contributed by atoms with Gasteiger partial charge in [-0.05, 0) is 62.5 Å². The summed E-state index contributed by atoms with van der Waals surface area (Å²) in [6.45, 7) is 4.20. The average molecular weight is 605 g/mol. The molecule has 7 N–H and O–H groups in total. The lowest BCUT2D eigenvalue weighted by atomic mass is 9.90. The Labute approximate surface area is 257 Å². The highest BCUT2D eigenvalue weighted by Crippen LogP contribution is 2.27. The SMILES string of the molecule is C[C@](Cl)(Cc1ccccc1)C(=O)OCC1CCCCC1.C[C@](N)(Cc1ccccc1)C(=O)O.N.OCC1CCCCC1. The van der Waals surface area contributed by atoms with E-state index in [4.69, 9.17) is 32.3 Å². The quantitative estimate of drug-likeness (QED) is 0.176. The summed E-state index contributed by atoms with van der Waals surface area (Å²) in [6.07, 6.45) is 13.6. The maximum Gasteiger partial charge on any atom is 0.327 e. The van der Waals surface area contributed by atoms with Crippen LogP contribution in [-0.4, -0.2) is 45.8 Å². The molecule has 2 fully saturated rings. The molecule has 2 atom stereocenters. The van der Waals surface area contributed by atoms with Crippen molar-refractivity contribution in [3.05, 3.63) is 71.8 Å². The third-order valence-electron chi connectivity index (χ3n) is 7.87. The molecule has 0 aliphatic heterocycles. The predicted molar refractivity (Wildman–Crippen MR) is 171 cm³/mol. The minimum absolute atomic E-state index is 0. The number of carboxylic acid groups (broad SMARTS) is 1. The largest absolute Gasteiger partial charge is 0.480 e. The summed E-state index contributed by atoms with van der Waals surface area (Å²) in [5, 5.41) is 17.5. The maximum absolute atomic E-state index is 12.2. The Morgan fingerprint density at radius 1 is 0.810 bits per heavy atom. The Morgan fingerprint density at radius 3 is 1.64 bits per heavy atom. The minimum Gasteiger partial charge on any atom is -0.480 e. The van der Waals surface area contributed by atoms with E-state index in [2.05, 4.69) is 0 Å². The van der Waals surface area contributed by atoms with Crippen LogP contribution in [0.15, 0.2) is 60.7 Å². The highest BCUT2D eigenvalue weighted by atomic mass is 35.5. The molecule has 0 amide bonds. The Balaban J connectivity index is 0.000000344. The summed E-state index contributed by atoms with van der Waals surface area (Å²) in [5.74, 6) is -0.106. The lowest BCUT2D eigenvalue weighted by Gasteiger charge is -2.24. The molecule has 236 valence electrons. The van der Waals surface area contributed by atoms with E-state index in [1.165, 1.54) is 71.1 Å². The van der Waals surface area contributed by atoms with Crippen LogP contribution in [0.3, 0.4) is 0 Å². The predicted octanol–water partition coefficient (Wildman–Crippen LogP) is 7.10. The fraction of sp³-hybridized carbons (Fsp3) is 0.588. The summed E-state index contributed by atoms with van der Waals surface area (Å²) in [7, 11) is 0. The number of halogens is 1. The van der Waals surface area contributed by atoms with Gasteiger partial charge in [-0.25, -0.2) is 0 Å². The molecule has 0 bridgehead atoms. The first kappa shape index (κ1) is 37.6. The number of benzene rings is 2. The van der Waals surface area contributed by atoms with Gasteiger partial charge in [0.2, 0.25) is 0 Å². The van der Waals surface area contributed by atoms with Crippen LogP contribution in [0.2, 0.25) is 0 Å². The Morgan fingerprint density at radius 2 is 1.24 bits per heavy atom. The molecule has 42 heavy (non-hydrogen) atoms. The van der Waals surface area contributed by atoms with Gasteiger partial charge in [0, 0.05) is 19.4 Å². The number of carbonyl (C=O) groups is 2. The molecule has 7 nitrogen and oxygen atoms in total. The van der Waals surface area contributed by atoms with Crippen molar-refractivity contribution in [3.63, 3.8) is 0 Å². The van der Waals surface area contributed by atoms with Crippen LogP contribution in [-0.2, 0) is 27.2 Å². The van der Waals surface area contributed by atoms with Gasteiger partial charge >= 0.3 is 11.9 Å². The van der Waals surface area contributed by atoms with Crippen LogP contribution in [0.25, 0.3) is 0 Å². The third kappa shape index (κ3) is 14.6. The molecule has 0 unspecified atom stereocenters. The molecule has 0 radical (unpaired) electrons. The fourth-order valence-corrected chi connectivity index (χ4v) is 5.42. The van der Waals surface area contributed by atoms with Crippen molar-refractivity contribution < 1.29 is 24.5 Å². The van der Waals surface area contributed by atoms with E-state index in [-0.39, 0.29) is 12.1 Å². The summed E-state index contributed by atoms with van der Waals surface area (Å²) < 4.78 is 5.45. The minimum atomic E-state index is -1.18. The molecule has 8 heteroatoms. The number of aliphatic hydroxyl groups excluding tert-OH is 1. The van der Waals surface area contributed by atoms with E-state index in [1.54, 1.807) is 6.92 Å². The number of alkyl halides is 1. The molecular weight excluding hydrogens is 552 g/mol. The number of hydrogen-bond donors (Lipinski definition) is 4. The molecule has 0 spiro atoms. The first-order chi connectivity index (χ1) is 19.5. The number of carboxylic acids is 1. The molecule has 0 aromatic heterocycles. The molecular formula is C34H53ClN2O5.